The molecular weight excluding hydrogens is 258 g/mol. The van der Waals surface area contributed by atoms with Crippen LogP contribution in [-0.2, 0) is 21.8 Å². The number of aryl methyl sites for hydroxylation is 1. The summed E-state index contributed by atoms with van der Waals surface area (Å²) >= 11 is -1.54. The van der Waals surface area contributed by atoms with Gasteiger partial charge in [0.15, 0.2) is 0 Å². The SMILES string of the molecule is O=S(O/N=C1\CCc2ccccc21)c1ccccc1. The minimum absolute atomic E-state index is 0.623. The molecule has 1 atom stereocenters. The minimum atomic E-state index is -1.54. The summed E-state index contributed by atoms with van der Waals surface area (Å²) in [5, 5.41) is 4.06. The van der Waals surface area contributed by atoms with Gasteiger partial charge in [-0.3, -0.25) is 4.28 Å². The average Bonchev–Trinajstić information content (AvgIpc) is 2.89. The molecule has 0 aliphatic heterocycles. The lowest BCUT2D eigenvalue weighted by molar-refractivity contribution is 0.373. The zero-order valence-corrected chi connectivity index (χ0v) is 11.1. The van der Waals surface area contributed by atoms with Crippen molar-refractivity contribution in [2.24, 2.45) is 5.16 Å². The van der Waals surface area contributed by atoms with E-state index in [1.807, 2.05) is 36.4 Å². The van der Waals surface area contributed by atoms with Crippen LogP contribution in [0.25, 0.3) is 0 Å². The second kappa shape index (κ2) is 5.36. The highest BCUT2D eigenvalue weighted by atomic mass is 32.2. The molecule has 0 radical (unpaired) electrons. The molecule has 0 spiro atoms. The molecule has 19 heavy (non-hydrogen) atoms. The van der Waals surface area contributed by atoms with Crippen LogP contribution in [0, 0.1) is 0 Å². The third kappa shape index (κ3) is 2.58. The van der Waals surface area contributed by atoms with E-state index in [1.54, 1.807) is 12.1 Å². The van der Waals surface area contributed by atoms with Crippen LogP contribution in [-0.4, -0.2) is 9.92 Å². The largest absolute Gasteiger partial charge is 0.287 e. The summed E-state index contributed by atoms with van der Waals surface area (Å²) in [7, 11) is 0. The molecule has 1 aliphatic carbocycles. The van der Waals surface area contributed by atoms with E-state index in [4.69, 9.17) is 4.28 Å². The van der Waals surface area contributed by atoms with Gasteiger partial charge in [-0.2, -0.15) is 0 Å². The molecule has 0 saturated heterocycles. The maximum atomic E-state index is 11.9. The van der Waals surface area contributed by atoms with Gasteiger partial charge in [0, 0.05) is 5.56 Å². The number of nitrogens with zero attached hydrogens (tertiary/aromatic N) is 1. The number of fused-ring (bicyclic) bond motifs is 1. The molecule has 4 heteroatoms. The topological polar surface area (TPSA) is 38.7 Å². The Kier molecular flexibility index (Phi) is 3.42. The van der Waals surface area contributed by atoms with Crippen molar-refractivity contribution in [2.45, 2.75) is 17.7 Å². The first-order valence-corrected chi connectivity index (χ1v) is 7.21. The summed E-state index contributed by atoms with van der Waals surface area (Å²) in [6, 6.07) is 17.2. The Morgan fingerprint density at radius 3 is 2.53 bits per heavy atom. The highest BCUT2D eigenvalue weighted by Crippen LogP contribution is 2.22. The van der Waals surface area contributed by atoms with Crippen molar-refractivity contribution in [3.8, 4) is 0 Å². The molecule has 0 heterocycles. The Balaban J connectivity index is 1.77. The lowest BCUT2D eigenvalue weighted by Gasteiger charge is -2.01. The highest BCUT2D eigenvalue weighted by molar-refractivity contribution is 7.80. The van der Waals surface area contributed by atoms with E-state index in [0.717, 1.165) is 24.1 Å². The quantitative estimate of drug-likeness (QED) is 0.805. The van der Waals surface area contributed by atoms with Gasteiger partial charge in [0.2, 0.25) is 0 Å². The lowest BCUT2D eigenvalue weighted by atomic mass is 10.1. The summed E-state index contributed by atoms with van der Waals surface area (Å²) in [5.74, 6) is 0. The maximum absolute atomic E-state index is 11.9. The molecule has 2 aromatic carbocycles. The predicted molar refractivity (Wildman–Crippen MR) is 75.2 cm³/mol. The summed E-state index contributed by atoms with van der Waals surface area (Å²) in [5.41, 5.74) is 3.25. The summed E-state index contributed by atoms with van der Waals surface area (Å²) in [6.07, 6.45) is 1.81. The standard InChI is InChI=1S/C15H13NO2S/c17-19(13-7-2-1-3-8-13)18-16-15-11-10-12-6-4-5-9-14(12)15/h1-9H,10-11H2/b16-15+. The maximum Gasteiger partial charge on any atom is 0.265 e. The van der Waals surface area contributed by atoms with Crippen molar-refractivity contribution < 1.29 is 8.49 Å². The fraction of sp³-hybridized carbons (Fsp3) is 0.133. The van der Waals surface area contributed by atoms with Crippen LogP contribution in [0.3, 0.4) is 0 Å². The van der Waals surface area contributed by atoms with Gasteiger partial charge in [0.05, 0.1) is 10.6 Å². The summed E-state index contributed by atoms with van der Waals surface area (Å²) in [6.45, 7) is 0. The molecule has 2 aromatic rings. The van der Waals surface area contributed by atoms with Gasteiger partial charge in [0.1, 0.15) is 0 Å². The fourth-order valence-corrected chi connectivity index (χ4v) is 2.78. The van der Waals surface area contributed by atoms with Gasteiger partial charge in [-0.05, 0) is 30.5 Å². The van der Waals surface area contributed by atoms with Crippen LogP contribution in [0.5, 0.6) is 0 Å². The number of hydrogen-bond donors (Lipinski definition) is 0. The highest BCUT2D eigenvalue weighted by Gasteiger charge is 2.18. The predicted octanol–water partition coefficient (Wildman–Crippen LogP) is 3.08. The summed E-state index contributed by atoms with van der Waals surface area (Å²) in [4.78, 5) is 0.623. The first-order valence-electron chi connectivity index (χ1n) is 6.14. The first-order chi connectivity index (χ1) is 9.34. The Morgan fingerprint density at radius 1 is 0.947 bits per heavy atom. The first kappa shape index (κ1) is 12.1. The van der Waals surface area contributed by atoms with Crippen LogP contribution in [0.4, 0.5) is 0 Å². The van der Waals surface area contributed by atoms with Crippen molar-refractivity contribution in [2.75, 3.05) is 0 Å². The Morgan fingerprint density at radius 2 is 1.68 bits per heavy atom. The molecule has 0 saturated carbocycles. The third-order valence-electron chi connectivity index (χ3n) is 3.11. The van der Waals surface area contributed by atoms with Crippen molar-refractivity contribution in [3.05, 3.63) is 65.7 Å². The number of benzene rings is 2. The van der Waals surface area contributed by atoms with Gasteiger partial charge in [-0.25, -0.2) is 4.21 Å². The molecule has 0 amide bonds. The molecule has 1 aliphatic rings. The van der Waals surface area contributed by atoms with Crippen molar-refractivity contribution in [1.82, 2.24) is 0 Å². The fourth-order valence-electron chi connectivity index (χ4n) is 2.16. The monoisotopic (exact) mass is 271 g/mol. The second-order valence-electron chi connectivity index (χ2n) is 4.32. The van der Waals surface area contributed by atoms with E-state index >= 15 is 0 Å². The molecule has 0 fully saturated rings. The van der Waals surface area contributed by atoms with Gasteiger partial charge in [-0.15, -0.1) is 0 Å². The molecule has 3 nitrogen and oxygen atoms in total. The van der Waals surface area contributed by atoms with Crippen molar-refractivity contribution in [1.29, 1.82) is 0 Å². The van der Waals surface area contributed by atoms with Gasteiger partial charge >= 0.3 is 0 Å². The number of oxime groups is 1. The molecule has 3 rings (SSSR count). The van der Waals surface area contributed by atoms with E-state index in [1.165, 1.54) is 5.56 Å². The zero-order valence-electron chi connectivity index (χ0n) is 10.3. The van der Waals surface area contributed by atoms with Crippen molar-refractivity contribution in [3.63, 3.8) is 0 Å². The van der Waals surface area contributed by atoms with E-state index in [-0.39, 0.29) is 0 Å². The zero-order chi connectivity index (χ0) is 13.1. The van der Waals surface area contributed by atoms with Crippen LogP contribution in [0.15, 0.2) is 64.6 Å². The van der Waals surface area contributed by atoms with Crippen LogP contribution >= 0.6 is 0 Å². The third-order valence-corrected chi connectivity index (χ3v) is 3.98. The van der Waals surface area contributed by atoms with Gasteiger partial charge in [0.25, 0.3) is 11.1 Å². The molecule has 0 N–H and O–H groups in total. The number of hydrogen-bond acceptors (Lipinski definition) is 3. The Labute approximate surface area is 114 Å². The van der Waals surface area contributed by atoms with Crippen LogP contribution in [0.1, 0.15) is 17.5 Å². The molecule has 96 valence electrons. The Hall–Kier alpha value is -1.94. The summed E-state index contributed by atoms with van der Waals surface area (Å²) < 4.78 is 17.0. The average molecular weight is 271 g/mol. The molecule has 1 unspecified atom stereocenters. The van der Waals surface area contributed by atoms with E-state index < -0.39 is 11.1 Å². The van der Waals surface area contributed by atoms with Gasteiger partial charge in [-0.1, -0.05) is 47.6 Å². The van der Waals surface area contributed by atoms with E-state index in [9.17, 15) is 4.21 Å². The molecular formula is C15H13NO2S. The second-order valence-corrected chi connectivity index (χ2v) is 5.41. The van der Waals surface area contributed by atoms with E-state index in [0.29, 0.717) is 4.90 Å². The van der Waals surface area contributed by atoms with Crippen LogP contribution in [0.2, 0.25) is 0 Å². The van der Waals surface area contributed by atoms with Crippen LogP contribution < -0.4 is 0 Å². The lowest BCUT2D eigenvalue weighted by Crippen LogP contribution is -1.99. The van der Waals surface area contributed by atoms with E-state index in [2.05, 4.69) is 11.2 Å². The normalized spacial score (nSPS) is 17.2. The number of rotatable bonds is 3. The smallest absolute Gasteiger partial charge is 0.265 e. The van der Waals surface area contributed by atoms with Crippen molar-refractivity contribution >= 4 is 16.8 Å². The molecule has 0 bridgehead atoms. The minimum Gasteiger partial charge on any atom is -0.287 e. The van der Waals surface area contributed by atoms with Gasteiger partial charge < -0.3 is 0 Å². The molecule has 0 aromatic heterocycles. The Bertz CT molecular complexity index is 638.